The maximum absolute atomic E-state index is 12.8. The Kier molecular flexibility index (Phi) is 7.62. The molecule has 0 radical (unpaired) electrons. The van der Waals surface area contributed by atoms with Gasteiger partial charge in [0.2, 0.25) is 0 Å². The van der Waals surface area contributed by atoms with E-state index in [1.807, 2.05) is 12.1 Å². The quantitative estimate of drug-likeness (QED) is 0.480. The molecule has 0 aliphatic carbocycles. The van der Waals surface area contributed by atoms with Crippen molar-refractivity contribution in [2.24, 2.45) is 5.92 Å². The number of amides is 1. The topological polar surface area (TPSA) is 76.4 Å². The summed E-state index contributed by atoms with van der Waals surface area (Å²) in [7, 11) is 1.64. The first-order chi connectivity index (χ1) is 13.2. The maximum atomic E-state index is 12.8. The van der Waals surface area contributed by atoms with Gasteiger partial charge in [-0.1, -0.05) is 29.8 Å². The number of benzene rings is 2. The Bertz CT molecular complexity index is 844. The molecule has 0 aliphatic rings. The number of ether oxygens (including phenoxy) is 1. The Morgan fingerprint density at radius 3 is 2.57 bits per heavy atom. The number of hydrogen-bond acceptors (Lipinski definition) is 4. The molecule has 2 aromatic rings. The zero-order valence-electron chi connectivity index (χ0n) is 16.0. The van der Waals surface area contributed by atoms with E-state index in [4.69, 9.17) is 10.5 Å². The van der Waals surface area contributed by atoms with Gasteiger partial charge in [-0.2, -0.15) is 0 Å². The number of carbonyl (C=O) groups excluding carboxylic acids is 1. The van der Waals surface area contributed by atoms with E-state index in [2.05, 4.69) is 40.4 Å². The minimum Gasteiger partial charge on any atom is -0.487 e. The number of hydrogen-bond donors (Lipinski definition) is 3. The van der Waals surface area contributed by atoms with Gasteiger partial charge in [-0.05, 0) is 42.2 Å². The highest BCUT2D eigenvalue weighted by atomic mass is 79.9. The van der Waals surface area contributed by atoms with Crippen LogP contribution < -0.4 is 21.1 Å². The van der Waals surface area contributed by atoms with E-state index in [1.165, 1.54) is 12.1 Å². The van der Waals surface area contributed by atoms with Crippen LogP contribution in [-0.4, -0.2) is 26.0 Å². The van der Waals surface area contributed by atoms with Gasteiger partial charge in [0.1, 0.15) is 12.4 Å². The smallest absolute Gasteiger partial charge is 0.272 e. The Balaban J connectivity index is 2.31. The SMILES string of the molecule is CNc1cc(OCC(F)F)c(C(=O)Nc2ccc(Br)c(CC(C)C)c2)cc1N. The van der Waals surface area contributed by atoms with Crippen LogP contribution in [-0.2, 0) is 6.42 Å². The second kappa shape index (κ2) is 9.73. The van der Waals surface area contributed by atoms with Gasteiger partial charge in [0.05, 0.1) is 16.9 Å². The van der Waals surface area contributed by atoms with E-state index in [0.717, 1.165) is 16.5 Å². The summed E-state index contributed by atoms with van der Waals surface area (Å²) in [4.78, 5) is 12.8. The summed E-state index contributed by atoms with van der Waals surface area (Å²) in [5, 5.41) is 5.63. The van der Waals surface area contributed by atoms with E-state index in [0.29, 0.717) is 23.0 Å². The average Bonchev–Trinajstić information content (AvgIpc) is 2.62. The van der Waals surface area contributed by atoms with Crippen LogP contribution in [0.4, 0.5) is 25.8 Å². The average molecular weight is 456 g/mol. The van der Waals surface area contributed by atoms with Gasteiger partial charge in [-0.25, -0.2) is 8.78 Å². The maximum Gasteiger partial charge on any atom is 0.272 e. The lowest BCUT2D eigenvalue weighted by atomic mass is 10.0. The Morgan fingerprint density at radius 1 is 1.25 bits per heavy atom. The molecule has 2 rings (SSSR count). The number of rotatable bonds is 8. The molecule has 8 heteroatoms. The van der Waals surface area contributed by atoms with Crippen LogP contribution in [0.15, 0.2) is 34.8 Å². The molecule has 4 N–H and O–H groups in total. The van der Waals surface area contributed by atoms with Crippen molar-refractivity contribution in [2.75, 3.05) is 30.0 Å². The monoisotopic (exact) mass is 455 g/mol. The van der Waals surface area contributed by atoms with Gasteiger partial charge >= 0.3 is 0 Å². The first-order valence-electron chi connectivity index (χ1n) is 8.83. The van der Waals surface area contributed by atoms with Crippen molar-refractivity contribution in [1.82, 2.24) is 0 Å². The van der Waals surface area contributed by atoms with E-state index in [1.54, 1.807) is 13.1 Å². The molecule has 1 amide bonds. The summed E-state index contributed by atoms with van der Waals surface area (Å²) < 4.78 is 31.3. The normalized spacial score (nSPS) is 11.0. The molecule has 0 atom stereocenters. The molecule has 0 unspecified atom stereocenters. The number of anilines is 3. The van der Waals surface area contributed by atoms with Crippen molar-refractivity contribution in [3.63, 3.8) is 0 Å². The third-order valence-corrected chi connectivity index (χ3v) is 4.74. The Labute approximate surface area is 171 Å². The van der Waals surface area contributed by atoms with Crippen molar-refractivity contribution < 1.29 is 18.3 Å². The first kappa shape index (κ1) is 21.9. The fraction of sp³-hybridized carbons (Fsp3) is 0.350. The van der Waals surface area contributed by atoms with Gasteiger partial charge < -0.3 is 21.1 Å². The molecule has 2 aromatic carbocycles. The molecule has 28 heavy (non-hydrogen) atoms. The van der Waals surface area contributed by atoms with Crippen molar-refractivity contribution in [1.29, 1.82) is 0 Å². The molecule has 0 fully saturated rings. The van der Waals surface area contributed by atoms with Crippen LogP contribution in [0.5, 0.6) is 5.75 Å². The molecule has 5 nitrogen and oxygen atoms in total. The highest BCUT2D eigenvalue weighted by molar-refractivity contribution is 9.10. The number of alkyl halides is 2. The summed E-state index contributed by atoms with van der Waals surface area (Å²) >= 11 is 3.51. The summed E-state index contributed by atoms with van der Waals surface area (Å²) in [5.41, 5.74) is 8.48. The van der Waals surface area contributed by atoms with Crippen LogP contribution in [0.2, 0.25) is 0 Å². The highest BCUT2D eigenvalue weighted by Gasteiger charge is 2.18. The number of nitrogens with one attached hydrogen (secondary N) is 2. The van der Waals surface area contributed by atoms with Gasteiger partial charge in [-0.15, -0.1) is 0 Å². The van der Waals surface area contributed by atoms with E-state index >= 15 is 0 Å². The summed E-state index contributed by atoms with van der Waals surface area (Å²) in [6, 6.07) is 8.36. The minimum absolute atomic E-state index is 0.0378. The number of nitrogens with two attached hydrogens (primary N) is 1. The lowest BCUT2D eigenvalue weighted by Gasteiger charge is -2.16. The lowest BCUT2D eigenvalue weighted by Crippen LogP contribution is -2.16. The molecule has 0 bridgehead atoms. The highest BCUT2D eigenvalue weighted by Crippen LogP contribution is 2.31. The van der Waals surface area contributed by atoms with Crippen LogP contribution in [0.1, 0.15) is 29.8 Å². The third kappa shape index (κ3) is 5.82. The molecule has 0 heterocycles. The number of halogens is 3. The Morgan fingerprint density at radius 2 is 1.96 bits per heavy atom. The van der Waals surface area contributed by atoms with Crippen LogP contribution in [0, 0.1) is 5.92 Å². The van der Waals surface area contributed by atoms with Gasteiger partial charge in [-0.3, -0.25) is 4.79 Å². The largest absolute Gasteiger partial charge is 0.487 e. The van der Waals surface area contributed by atoms with Crippen LogP contribution in [0.3, 0.4) is 0 Å². The van der Waals surface area contributed by atoms with Crippen molar-refractivity contribution >= 4 is 38.9 Å². The zero-order valence-corrected chi connectivity index (χ0v) is 17.6. The van der Waals surface area contributed by atoms with Crippen molar-refractivity contribution in [3.05, 3.63) is 45.9 Å². The summed E-state index contributed by atoms with van der Waals surface area (Å²) in [6.07, 6.45) is -1.81. The lowest BCUT2D eigenvalue weighted by molar-refractivity contribution is 0.0803. The molecular weight excluding hydrogens is 432 g/mol. The van der Waals surface area contributed by atoms with Gasteiger partial charge in [0.15, 0.2) is 0 Å². The Hall–Kier alpha value is -2.35. The minimum atomic E-state index is -2.66. The first-order valence-corrected chi connectivity index (χ1v) is 9.62. The summed E-state index contributed by atoms with van der Waals surface area (Å²) in [5.74, 6) is -0.00204. The third-order valence-electron chi connectivity index (χ3n) is 3.96. The molecule has 0 saturated carbocycles. The second-order valence-electron chi connectivity index (χ2n) is 6.75. The van der Waals surface area contributed by atoms with E-state index in [9.17, 15) is 13.6 Å². The molecule has 0 saturated heterocycles. The van der Waals surface area contributed by atoms with E-state index in [-0.39, 0.29) is 11.3 Å². The zero-order chi connectivity index (χ0) is 20.8. The molecule has 0 spiro atoms. The van der Waals surface area contributed by atoms with E-state index < -0.39 is 18.9 Å². The molecule has 0 aliphatic heterocycles. The second-order valence-corrected chi connectivity index (χ2v) is 7.60. The van der Waals surface area contributed by atoms with Crippen LogP contribution >= 0.6 is 15.9 Å². The fourth-order valence-electron chi connectivity index (χ4n) is 2.71. The standard InChI is InChI=1S/C20H24BrF2N3O2/c1-11(2)6-12-7-13(4-5-15(12)21)26-20(27)14-8-16(24)17(25-3)9-18(14)28-10-19(22)23/h4-5,7-9,11,19,25H,6,10,24H2,1-3H3,(H,26,27). The molecule has 0 aromatic heterocycles. The summed E-state index contributed by atoms with van der Waals surface area (Å²) in [6.45, 7) is 3.40. The number of nitrogen functional groups attached to an aromatic ring is 1. The molecule has 152 valence electrons. The molecular formula is C20H24BrF2N3O2. The van der Waals surface area contributed by atoms with Gasteiger partial charge in [0, 0.05) is 23.3 Å². The van der Waals surface area contributed by atoms with Crippen LogP contribution in [0.25, 0.3) is 0 Å². The fourth-order valence-corrected chi connectivity index (χ4v) is 3.12. The predicted octanol–water partition coefficient (Wildman–Crippen LogP) is 5.17. The van der Waals surface area contributed by atoms with Crippen molar-refractivity contribution in [3.8, 4) is 5.75 Å². The van der Waals surface area contributed by atoms with Gasteiger partial charge in [0.25, 0.3) is 12.3 Å². The predicted molar refractivity (Wildman–Crippen MR) is 113 cm³/mol. The number of carbonyl (C=O) groups is 1. The van der Waals surface area contributed by atoms with Crippen molar-refractivity contribution in [2.45, 2.75) is 26.7 Å².